The molecule has 0 radical (unpaired) electrons. The van der Waals surface area contributed by atoms with Crippen LogP contribution in [0.5, 0.6) is 0 Å². The maximum atomic E-state index is 11.0. The first-order valence-electron chi connectivity index (χ1n) is 6.23. The van der Waals surface area contributed by atoms with Gasteiger partial charge < -0.3 is 5.32 Å². The third kappa shape index (κ3) is 3.95. The van der Waals surface area contributed by atoms with Crippen LogP contribution in [0, 0.1) is 12.8 Å². The number of halogens is 1. The largest absolute Gasteiger partial charge is 0.367 e. The summed E-state index contributed by atoms with van der Waals surface area (Å²) in [6.45, 7) is 8.20. The zero-order valence-electron chi connectivity index (χ0n) is 11.3. The van der Waals surface area contributed by atoms with Gasteiger partial charge in [0.15, 0.2) is 6.29 Å². The van der Waals surface area contributed by atoms with Gasteiger partial charge in [0.1, 0.15) is 16.8 Å². The highest BCUT2D eigenvalue weighted by molar-refractivity contribution is 6.32. The van der Waals surface area contributed by atoms with Crippen molar-refractivity contribution >= 4 is 23.7 Å². The molecule has 1 rings (SSSR count). The fraction of sp³-hybridized carbons (Fsp3) is 0.615. The normalized spacial score (nSPS) is 14.1. The maximum Gasteiger partial charge on any atom is 0.156 e. The van der Waals surface area contributed by atoms with Crippen LogP contribution < -0.4 is 5.32 Å². The van der Waals surface area contributed by atoms with Gasteiger partial charge in [0.2, 0.25) is 0 Å². The predicted molar refractivity (Wildman–Crippen MR) is 74.3 cm³/mol. The Kier molecular flexibility index (Phi) is 5.54. The summed E-state index contributed by atoms with van der Waals surface area (Å²) >= 11 is 5.93. The molecule has 0 aliphatic carbocycles. The van der Waals surface area contributed by atoms with E-state index >= 15 is 0 Å². The third-order valence-electron chi connectivity index (χ3n) is 2.96. The molecule has 0 saturated carbocycles. The monoisotopic (exact) mass is 269 g/mol. The Balaban J connectivity index is 2.86. The number of rotatable bonds is 6. The highest BCUT2D eigenvalue weighted by Gasteiger charge is 2.14. The number of aromatic nitrogens is 2. The van der Waals surface area contributed by atoms with Crippen LogP contribution in [0.4, 0.5) is 5.82 Å². The van der Waals surface area contributed by atoms with Crippen molar-refractivity contribution < 1.29 is 4.79 Å². The third-order valence-corrected chi connectivity index (χ3v) is 3.25. The van der Waals surface area contributed by atoms with E-state index in [9.17, 15) is 4.79 Å². The molecule has 1 aromatic rings. The van der Waals surface area contributed by atoms with Gasteiger partial charge >= 0.3 is 0 Å². The van der Waals surface area contributed by atoms with E-state index in [1.165, 1.54) is 0 Å². The molecule has 1 N–H and O–H groups in total. The molecular formula is C13H20ClN3O. The van der Waals surface area contributed by atoms with E-state index in [4.69, 9.17) is 11.6 Å². The van der Waals surface area contributed by atoms with Crippen molar-refractivity contribution in [3.63, 3.8) is 0 Å². The molecule has 18 heavy (non-hydrogen) atoms. The first-order valence-corrected chi connectivity index (χ1v) is 6.61. The first kappa shape index (κ1) is 14.9. The summed E-state index contributed by atoms with van der Waals surface area (Å²) in [6.07, 6.45) is 2.85. The smallest absolute Gasteiger partial charge is 0.156 e. The van der Waals surface area contributed by atoms with E-state index in [1.807, 2.05) is 0 Å². The number of hydrogen-bond donors (Lipinski definition) is 1. The van der Waals surface area contributed by atoms with Gasteiger partial charge in [-0.25, -0.2) is 9.97 Å². The molecule has 1 heterocycles. The summed E-state index contributed by atoms with van der Waals surface area (Å²) in [6, 6.07) is 0.240. The lowest BCUT2D eigenvalue weighted by Crippen LogP contribution is -2.20. The second kappa shape index (κ2) is 6.69. The van der Waals surface area contributed by atoms with Gasteiger partial charge in [-0.15, -0.1) is 0 Å². The van der Waals surface area contributed by atoms with Crippen molar-refractivity contribution in [1.82, 2.24) is 9.97 Å². The zero-order valence-corrected chi connectivity index (χ0v) is 12.1. The lowest BCUT2D eigenvalue weighted by Gasteiger charge is -2.19. The molecule has 2 unspecified atom stereocenters. The average molecular weight is 270 g/mol. The molecule has 1 aromatic heterocycles. The minimum absolute atomic E-state index is 0.204. The molecule has 0 fully saturated rings. The van der Waals surface area contributed by atoms with Crippen LogP contribution >= 0.6 is 11.6 Å². The molecule has 5 heteroatoms. The summed E-state index contributed by atoms with van der Waals surface area (Å²) < 4.78 is 0. The number of aryl methyl sites for hydroxylation is 1. The van der Waals surface area contributed by atoms with Crippen molar-refractivity contribution in [2.45, 2.75) is 46.6 Å². The number of anilines is 1. The number of nitrogens with zero attached hydrogens (tertiary/aromatic N) is 2. The van der Waals surface area contributed by atoms with Gasteiger partial charge in [0.05, 0.1) is 5.56 Å². The van der Waals surface area contributed by atoms with Crippen molar-refractivity contribution in [2.24, 2.45) is 5.92 Å². The van der Waals surface area contributed by atoms with Crippen LogP contribution in [-0.2, 0) is 0 Å². The van der Waals surface area contributed by atoms with Crippen molar-refractivity contribution in [3.05, 3.63) is 16.5 Å². The summed E-state index contributed by atoms with van der Waals surface area (Å²) in [5.41, 5.74) is 0.332. The Hall–Kier alpha value is -1.16. The molecule has 0 amide bonds. The zero-order chi connectivity index (χ0) is 13.7. The van der Waals surface area contributed by atoms with Gasteiger partial charge in [0, 0.05) is 6.04 Å². The number of hydrogen-bond acceptors (Lipinski definition) is 4. The Morgan fingerprint density at radius 3 is 2.61 bits per heavy atom. The Labute approximate surface area is 113 Å². The quantitative estimate of drug-likeness (QED) is 0.634. The lowest BCUT2D eigenvalue weighted by molar-refractivity contribution is 0.112. The van der Waals surface area contributed by atoms with E-state index in [-0.39, 0.29) is 11.2 Å². The van der Waals surface area contributed by atoms with E-state index in [0.717, 1.165) is 12.8 Å². The lowest BCUT2D eigenvalue weighted by atomic mass is 10.0. The van der Waals surface area contributed by atoms with Crippen LogP contribution in [-0.4, -0.2) is 22.3 Å². The summed E-state index contributed by atoms with van der Waals surface area (Å²) in [7, 11) is 0. The topological polar surface area (TPSA) is 54.9 Å². The molecule has 0 saturated heterocycles. The second-order valence-corrected chi connectivity index (χ2v) is 5.09. The predicted octanol–water partition coefficient (Wildman–Crippen LogP) is 3.49. The molecule has 0 bridgehead atoms. The fourth-order valence-electron chi connectivity index (χ4n) is 1.82. The minimum Gasteiger partial charge on any atom is -0.367 e. The Bertz CT molecular complexity index is 423. The summed E-state index contributed by atoms with van der Waals surface area (Å²) in [4.78, 5) is 19.2. The summed E-state index contributed by atoms with van der Waals surface area (Å²) in [5, 5.41) is 3.45. The van der Waals surface area contributed by atoms with Gasteiger partial charge in [0.25, 0.3) is 0 Å². The molecule has 2 atom stereocenters. The van der Waals surface area contributed by atoms with Crippen LogP contribution in [0.1, 0.15) is 49.8 Å². The molecule has 0 aliphatic rings. The van der Waals surface area contributed by atoms with Crippen LogP contribution in [0.15, 0.2) is 0 Å². The molecule has 0 aromatic carbocycles. The number of carbonyl (C=O) groups excluding carboxylic acids is 1. The SMILES string of the molecule is CCC(C)CC(C)Nc1nc(C)nc(Cl)c1C=O. The van der Waals surface area contributed by atoms with E-state index in [0.29, 0.717) is 29.4 Å². The van der Waals surface area contributed by atoms with Crippen molar-refractivity contribution in [1.29, 1.82) is 0 Å². The van der Waals surface area contributed by atoms with E-state index < -0.39 is 0 Å². The molecular weight excluding hydrogens is 250 g/mol. The van der Waals surface area contributed by atoms with Gasteiger partial charge in [-0.3, -0.25) is 4.79 Å². The highest BCUT2D eigenvalue weighted by atomic mass is 35.5. The number of aldehydes is 1. The fourth-order valence-corrected chi connectivity index (χ4v) is 2.08. The average Bonchev–Trinajstić information content (AvgIpc) is 2.28. The Morgan fingerprint density at radius 2 is 2.06 bits per heavy atom. The Morgan fingerprint density at radius 1 is 1.39 bits per heavy atom. The summed E-state index contributed by atoms with van der Waals surface area (Å²) in [5.74, 6) is 1.72. The van der Waals surface area contributed by atoms with Crippen molar-refractivity contribution in [2.75, 3.05) is 5.32 Å². The second-order valence-electron chi connectivity index (χ2n) is 4.74. The molecule has 4 nitrogen and oxygen atoms in total. The van der Waals surface area contributed by atoms with E-state index in [1.54, 1.807) is 6.92 Å². The molecule has 0 spiro atoms. The standard InChI is InChI=1S/C13H20ClN3O/c1-5-8(2)6-9(3)15-13-11(7-18)12(14)16-10(4)17-13/h7-9H,5-6H2,1-4H3,(H,15,16,17). The highest BCUT2D eigenvalue weighted by Crippen LogP contribution is 2.21. The van der Waals surface area contributed by atoms with Crippen LogP contribution in [0.3, 0.4) is 0 Å². The van der Waals surface area contributed by atoms with Crippen molar-refractivity contribution in [3.8, 4) is 0 Å². The molecule has 0 aliphatic heterocycles. The maximum absolute atomic E-state index is 11.0. The minimum atomic E-state index is 0.204. The number of carbonyl (C=O) groups is 1. The van der Waals surface area contributed by atoms with Crippen LogP contribution in [0.25, 0.3) is 0 Å². The number of nitrogens with one attached hydrogen (secondary N) is 1. The van der Waals surface area contributed by atoms with Crippen LogP contribution in [0.2, 0.25) is 5.15 Å². The van der Waals surface area contributed by atoms with Gasteiger partial charge in [-0.1, -0.05) is 31.9 Å². The van der Waals surface area contributed by atoms with Gasteiger partial charge in [-0.2, -0.15) is 0 Å². The van der Waals surface area contributed by atoms with Gasteiger partial charge in [-0.05, 0) is 26.2 Å². The molecule has 100 valence electrons. The van der Waals surface area contributed by atoms with E-state index in [2.05, 4.69) is 36.1 Å². The first-order chi connectivity index (χ1) is 8.47.